The van der Waals surface area contributed by atoms with Crippen molar-refractivity contribution >= 4 is 56.4 Å². The van der Waals surface area contributed by atoms with E-state index in [1.54, 1.807) is 30.3 Å². The summed E-state index contributed by atoms with van der Waals surface area (Å²) in [4.78, 5) is 22.9. The minimum Gasteiger partial charge on any atom is -0.484 e. The number of amides is 2. The van der Waals surface area contributed by atoms with Crippen LogP contribution in [0.3, 0.4) is 0 Å². The van der Waals surface area contributed by atoms with Crippen LogP contribution in [0.25, 0.3) is 0 Å². The second kappa shape index (κ2) is 9.30. The topological polar surface area (TPSA) is 79.5 Å². The molecule has 2 rings (SSSR count). The Morgan fingerprint density at radius 3 is 2.27 bits per heavy atom. The largest absolute Gasteiger partial charge is 0.484 e. The Morgan fingerprint density at radius 2 is 1.69 bits per heavy atom. The summed E-state index contributed by atoms with van der Waals surface area (Å²) in [5.74, 6) is 0.0979. The first-order valence-electron chi connectivity index (χ1n) is 7.71. The summed E-state index contributed by atoms with van der Waals surface area (Å²) < 4.78 is 6.42. The van der Waals surface area contributed by atoms with Crippen molar-refractivity contribution in [3.8, 4) is 5.75 Å². The molecule has 6 nitrogen and oxygen atoms in total. The molecule has 2 amide bonds. The first-order valence-corrected chi connectivity index (χ1v) is 8.91. The molecule has 2 aromatic rings. The van der Waals surface area contributed by atoms with Gasteiger partial charge in [0.2, 0.25) is 5.91 Å². The molecule has 0 unspecified atom stereocenters. The van der Waals surface area contributed by atoms with Crippen molar-refractivity contribution < 1.29 is 14.3 Å². The van der Waals surface area contributed by atoms with Gasteiger partial charge in [0.25, 0.3) is 5.91 Å². The number of nitrogens with one attached hydrogen (secondary N) is 3. The summed E-state index contributed by atoms with van der Waals surface area (Å²) in [6, 6.07) is 12.4. The van der Waals surface area contributed by atoms with E-state index in [0.717, 1.165) is 10.0 Å². The molecule has 0 heterocycles. The molecule has 3 N–H and O–H groups in total. The number of hydrogen-bond acceptors (Lipinski definition) is 4. The van der Waals surface area contributed by atoms with Gasteiger partial charge in [-0.1, -0.05) is 15.9 Å². The van der Waals surface area contributed by atoms with Crippen molar-refractivity contribution in [1.82, 2.24) is 5.32 Å². The second-order valence-corrected chi connectivity index (χ2v) is 6.72. The second-order valence-electron chi connectivity index (χ2n) is 5.46. The number of thiocarbonyl (C=S) groups is 1. The van der Waals surface area contributed by atoms with Crippen LogP contribution in [0.2, 0.25) is 0 Å². The molecule has 26 heavy (non-hydrogen) atoms. The van der Waals surface area contributed by atoms with E-state index in [1.165, 1.54) is 6.92 Å². The smallest absolute Gasteiger partial charge is 0.264 e. The standard InChI is InChI=1S/C18H18BrN3O3S/c1-11-9-15(7-8-16(11)19)25-10-17(24)22-18(26)21-14-5-3-13(4-6-14)20-12(2)23/h3-9H,10H2,1-2H3,(H,20,23)(H2,21,22,24,26). The van der Waals surface area contributed by atoms with Crippen LogP contribution in [0, 0.1) is 6.92 Å². The summed E-state index contributed by atoms with van der Waals surface area (Å²) in [5.41, 5.74) is 2.38. The highest BCUT2D eigenvalue weighted by atomic mass is 79.9. The summed E-state index contributed by atoms with van der Waals surface area (Å²) in [5, 5.41) is 8.28. The third-order valence-electron chi connectivity index (χ3n) is 3.22. The number of hydrogen-bond donors (Lipinski definition) is 3. The lowest BCUT2D eigenvalue weighted by Gasteiger charge is -2.11. The lowest BCUT2D eigenvalue weighted by molar-refractivity contribution is -0.121. The number of halogens is 1. The third kappa shape index (κ3) is 6.45. The lowest BCUT2D eigenvalue weighted by Crippen LogP contribution is -2.37. The van der Waals surface area contributed by atoms with Crippen LogP contribution in [0.15, 0.2) is 46.9 Å². The van der Waals surface area contributed by atoms with Crippen LogP contribution < -0.4 is 20.7 Å². The van der Waals surface area contributed by atoms with Gasteiger partial charge < -0.3 is 15.4 Å². The number of benzene rings is 2. The number of carbonyl (C=O) groups is 2. The molecular weight excluding hydrogens is 418 g/mol. The zero-order valence-electron chi connectivity index (χ0n) is 14.3. The summed E-state index contributed by atoms with van der Waals surface area (Å²) in [7, 11) is 0. The van der Waals surface area contributed by atoms with E-state index in [9.17, 15) is 9.59 Å². The zero-order valence-corrected chi connectivity index (χ0v) is 16.7. The molecule has 0 atom stereocenters. The van der Waals surface area contributed by atoms with E-state index in [4.69, 9.17) is 17.0 Å². The predicted octanol–water partition coefficient (Wildman–Crippen LogP) is 3.61. The van der Waals surface area contributed by atoms with Gasteiger partial charge in [-0.2, -0.15) is 0 Å². The molecule has 0 saturated carbocycles. The molecule has 8 heteroatoms. The molecule has 0 saturated heterocycles. The molecule has 0 aliphatic carbocycles. The Labute approximate surface area is 165 Å². The molecule has 2 aromatic carbocycles. The van der Waals surface area contributed by atoms with E-state index in [0.29, 0.717) is 17.1 Å². The SMILES string of the molecule is CC(=O)Nc1ccc(NC(=S)NC(=O)COc2ccc(Br)c(C)c2)cc1. The van der Waals surface area contributed by atoms with Gasteiger partial charge in [-0.05, 0) is 67.2 Å². The van der Waals surface area contributed by atoms with E-state index in [1.807, 2.05) is 19.1 Å². The van der Waals surface area contributed by atoms with E-state index in [2.05, 4.69) is 31.9 Å². The Balaban J connectivity index is 1.80. The summed E-state index contributed by atoms with van der Waals surface area (Å²) in [6.07, 6.45) is 0. The number of ether oxygens (including phenoxy) is 1. The number of carbonyl (C=O) groups excluding carboxylic acids is 2. The summed E-state index contributed by atoms with van der Waals surface area (Å²) >= 11 is 8.52. The highest BCUT2D eigenvalue weighted by Crippen LogP contribution is 2.21. The van der Waals surface area contributed by atoms with Gasteiger partial charge in [0.15, 0.2) is 11.7 Å². The van der Waals surface area contributed by atoms with Crippen molar-refractivity contribution in [1.29, 1.82) is 0 Å². The zero-order chi connectivity index (χ0) is 19.1. The minimum atomic E-state index is -0.363. The molecular formula is C18H18BrN3O3S. The van der Waals surface area contributed by atoms with Crippen molar-refractivity contribution in [3.05, 3.63) is 52.5 Å². The fourth-order valence-corrected chi connectivity index (χ4v) is 2.50. The molecule has 0 spiro atoms. The van der Waals surface area contributed by atoms with Gasteiger partial charge in [0, 0.05) is 22.8 Å². The van der Waals surface area contributed by atoms with Gasteiger partial charge in [-0.3, -0.25) is 14.9 Å². The quantitative estimate of drug-likeness (QED) is 0.625. The van der Waals surface area contributed by atoms with E-state index in [-0.39, 0.29) is 23.5 Å². The average Bonchev–Trinajstić information content (AvgIpc) is 2.57. The van der Waals surface area contributed by atoms with Crippen LogP contribution in [0.1, 0.15) is 12.5 Å². The first kappa shape index (κ1) is 19.9. The third-order valence-corrected chi connectivity index (χ3v) is 4.31. The van der Waals surface area contributed by atoms with Crippen molar-refractivity contribution in [2.45, 2.75) is 13.8 Å². The van der Waals surface area contributed by atoms with Crippen LogP contribution >= 0.6 is 28.1 Å². The molecule has 0 aliphatic heterocycles. The average molecular weight is 436 g/mol. The van der Waals surface area contributed by atoms with Gasteiger partial charge >= 0.3 is 0 Å². The maximum atomic E-state index is 11.9. The highest BCUT2D eigenvalue weighted by molar-refractivity contribution is 9.10. The van der Waals surface area contributed by atoms with Crippen LogP contribution in [-0.4, -0.2) is 23.5 Å². The van der Waals surface area contributed by atoms with Gasteiger partial charge in [-0.15, -0.1) is 0 Å². The Bertz CT molecular complexity index is 825. The molecule has 0 aromatic heterocycles. The number of anilines is 2. The van der Waals surface area contributed by atoms with Gasteiger partial charge in [0.1, 0.15) is 5.75 Å². The monoisotopic (exact) mass is 435 g/mol. The Morgan fingerprint density at radius 1 is 1.08 bits per heavy atom. The van der Waals surface area contributed by atoms with Crippen molar-refractivity contribution in [2.24, 2.45) is 0 Å². The van der Waals surface area contributed by atoms with E-state index >= 15 is 0 Å². The molecule has 0 aliphatic rings. The highest BCUT2D eigenvalue weighted by Gasteiger charge is 2.07. The molecule has 0 fully saturated rings. The van der Waals surface area contributed by atoms with Crippen molar-refractivity contribution in [3.63, 3.8) is 0 Å². The van der Waals surface area contributed by atoms with Crippen molar-refractivity contribution in [2.75, 3.05) is 17.2 Å². The fourth-order valence-electron chi connectivity index (χ4n) is 2.02. The first-order chi connectivity index (χ1) is 12.3. The Hall–Kier alpha value is -2.45. The number of rotatable bonds is 5. The summed E-state index contributed by atoms with van der Waals surface area (Å²) in [6.45, 7) is 3.23. The maximum absolute atomic E-state index is 11.9. The van der Waals surface area contributed by atoms with Crippen LogP contribution in [0.5, 0.6) is 5.75 Å². The predicted molar refractivity (Wildman–Crippen MR) is 109 cm³/mol. The fraction of sp³-hybridized carbons (Fsp3) is 0.167. The lowest BCUT2D eigenvalue weighted by atomic mass is 10.2. The van der Waals surface area contributed by atoms with Crippen LogP contribution in [0.4, 0.5) is 11.4 Å². The van der Waals surface area contributed by atoms with E-state index < -0.39 is 0 Å². The molecule has 136 valence electrons. The number of aryl methyl sites for hydroxylation is 1. The normalized spacial score (nSPS) is 9.96. The molecule has 0 radical (unpaired) electrons. The maximum Gasteiger partial charge on any atom is 0.264 e. The molecule has 0 bridgehead atoms. The van der Waals surface area contributed by atoms with Gasteiger partial charge in [-0.25, -0.2) is 0 Å². The minimum absolute atomic E-state index is 0.144. The Kier molecular flexibility index (Phi) is 7.11. The van der Waals surface area contributed by atoms with Gasteiger partial charge in [0.05, 0.1) is 0 Å². The van der Waals surface area contributed by atoms with Crippen LogP contribution in [-0.2, 0) is 9.59 Å².